The molecule has 1 heterocycles. The minimum absolute atomic E-state index is 0.0139. The monoisotopic (exact) mass is 290 g/mol. The Morgan fingerprint density at radius 2 is 1.95 bits per heavy atom. The van der Waals surface area contributed by atoms with Crippen molar-refractivity contribution in [1.29, 1.82) is 0 Å². The third-order valence-corrected chi connectivity index (χ3v) is 4.50. The standard InChI is InChI=1S/C18H30N2O/c1-5-14-8-6-7-9-15(14)21-17-11-13(12-19)10-16(20-17)18(2,3)4/h10-11,14-15H,5-9,12,19H2,1-4H3. The van der Waals surface area contributed by atoms with E-state index in [1.165, 1.54) is 25.7 Å². The van der Waals surface area contributed by atoms with Crippen LogP contribution in [0.15, 0.2) is 12.1 Å². The Morgan fingerprint density at radius 1 is 1.24 bits per heavy atom. The molecule has 0 spiro atoms. The molecule has 0 aliphatic heterocycles. The number of nitrogens with two attached hydrogens (primary N) is 1. The van der Waals surface area contributed by atoms with Crippen molar-refractivity contribution in [2.45, 2.75) is 77.9 Å². The summed E-state index contributed by atoms with van der Waals surface area (Å²) in [5.41, 5.74) is 8.01. The van der Waals surface area contributed by atoms with Crippen LogP contribution in [0.3, 0.4) is 0 Å². The summed E-state index contributed by atoms with van der Waals surface area (Å²) in [6, 6.07) is 4.11. The Kier molecular flexibility index (Phi) is 5.26. The van der Waals surface area contributed by atoms with Crippen LogP contribution in [-0.4, -0.2) is 11.1 Å². The first-order chi connectivity index (χ1) is 9.94. The molecular formula is C18H30N2O. The Morgan fingerprint density at radius 3 is 2.57 bits per heavy atom. The van der Waals surface area contributed by atoms with E-state index in [1.54, 1.807) is 0 Å². The third-order valence-electron chi connectivity index (χ3n) is 4.50. The molecule has 118 valence electrons. The molecule has 1 aromatic heterocycles. The molecule has 0 amide bonds. The number of pyridine rings is 1. The van der Waals surface area contributed by atoms with Crippen molar-refractivity contribution < 1.29 is 4.74 Å². The van der Waals surface area contributed by atoms with E-state index in [0.717, 1.165) is 23.6 Å². The normalized spacial score (nSPS) is 23.1. The topological polar surface area (TPSA) is 48.1 Å². The van der Waals surface area contributed by atoms with Crippen LogP contribution in [0.2, 0.25) is 0 Å². The maximum atomic E-state index is 6.27. The lowest BCUT2D eigenvalue weighted by atomic mass is 9.85. The number of ether oxygens (including phenoxy) is 1. The van der Waals surface area contributed by atoms with Gasteiger partial charge in [0.2, 0.25) is 5.88 Å². The van der Waals surface area contributed by atoms with Gasteiger partial charge in [-0.15, -0.1) is 0 Å². The summed E-state index contributed by atoms with van der Waals surface area (Å²) in [7, 11) is 0. The molecule has 0 bridgehead atoms. The highest BCUT2D eigenvalue weighted by atomic mass is 16.5. The minimum Gasteiger partial charge on any atom is -0.474 e. The van der Waals surface area contributed by atoms with Crippen LogP contribution in [0.5, 0.6) is 5.88 Å². The predicted octanol–water partition coefficient (Wildman–Crippen LogP) is 4.19. The van der Waals surface area contributed by atoms with Gasteiger partial charge in [-0.2, -0.15) is 0 Å². The van der Waals surface area contributed by atoms with E-state index in [1.807, 2.05) is 6.07 Å². The van der Waals surface area contributed by atoms with E-state index in [9.17, 15) is 0 Å². The van der Waals surface area contributed by atoms with Crippen molar-refractivity contribution in [1.82, 2.24) is 4.98 Å². The van der Waals surface area contributed by atoms with Crippen LogP contribution >= 0.6 is 0 Å². The average molecular weight is 290 g/mol. The van der Waals surface area contributed by atoms with E-state index >= 15 is 0 Å². The van der Waals surface area contributed by atoms with Crippen LogP contribution in [0.1, 0.15) is 71.1 Å². The number of aromatic nitrogens is 1. The van der Waals surface area contributed by atoms with Crippen LogP contribution in [0.25, 0.3) is 0 Å². The molecule has 2 unspecified atom stereocenters. The van der Waals surface area contributed by atoms with Crippen molar-refractivity contribution >= 4 is 0 Å². The van der Waals surface area contributed by atoms with Gasteiger partial charge in [0.25, 0.3) is 0 Å². The molecule has 21 heavy (non-hydrogen) atoms. The summed E-state index contributed by atoms with van der Waals surface area (Å²) in [5.74, 6) is 1.42. The smallest absolute Gasteiger partial charge is 0.214 e. The summed E-state index contributed by atoms with van der Waals surface area (Å²) >= 11 is 0. The molecule has 1 aromatic rings. The Balaban J connectivity index is 2.22. The van der Waals surface area contributed by atoms with Crippen LogP contribution in [-0.2, 0) is 12.0 Å². The second kappa shape index (κ2) is 6.78. The lowest BCUT2D eigenvalue weighted by molar-refractivity contribution is 0.0853. The van der Waals surface area contributed by atoms with Crippen molar-refractivity contribution in [2.24, 2.45) is 11.7 Å². The lowest BCUT2D eigenvalue weighted by Crippen LogP contribution is -2.30. The first-order valence-electron chi connectivity index (χ1n) is 8.32. The molecule has 0 aromatic carbocycles. The summed E-state index contributed by atoms with van der Waals surface area (Å²) in [6.07, 6.45) is 6.54. The molecule has 3 nitrogen and oxygen atoms in total. The molecule has 3 heteroatoms. The van der Waals surface area contributed by atoms with Crippen LogP contribution < -0.4 is 10.5 Å². The van der Waals surface area contributed by atoms with Gasteiger partial charge in [-0.3, -0.25) is 0 Å². The maximum absolute atomic E-state index is 6.27. The summed E-state index contributed by atoms with van der Waals surface area (Å²) in [5, 5.41) is 0. The molecule has 2 rings (SSSR count). The van der Waals surface area contributed by atoms with E-state index < -0.39 is 0 Å². The van der Waals surface area contributed by atoms with Gasteiger partial charge in [-0.05, 0) is 43.2 Å². The predicted molar refractivity (Wildman–Crippen MR) is 87.5 cm³/mol. The summed E-state index contributed by atoms with van der Waals surface area (Å²) in [4.78, 5) is 4.74. The van der Waals surface area contributed by atoms with Gasteiger partial charge in [0.1, 0.15) is 6.10 Å². The zero-order valence-corrected chi connectivity index (χ0v) is 14.0. The first-order valence-corrected chi connectivity index (χ1v) is 8.32. The third kappa shape index (κ3) is 4.19. The SMILES string of the molecule is CCC1CCCCC1Oc1cc(CN)cc(C(C)(C)C)n1. The first kappa shape index (κ1) is 16.3. The molecule has 1 aliphatic rings. The number of hydrogen-bond acceptors (Lipinski definition) is 3. The van der Waals surface area contributed by atoms with Crippen molar-refractivity contribution in [3.05, 3.63) is 23.4 Å². The van der Waals surface area contributed by atoms with Gasteiger partial charge in [0.05, 0.1) is 5.69 Å². The number of nitrogens with zero attached hydrogens (tertiary/aromatic N) is 1. The summed E-state index contributed by atoms with van der Waals surface area (Å²) in [6.45, 7) is 9.32. The highest BCUT2D eigenvalue weighted by Gasteiger charge is 2.26. The fourth-order valence-electron chi connectivity index (χ4n) is 3.07. The van der Waals surface area contributed by atoms with Crippen molar-refractivity contribution in [2.75, 3.05) is 0 Å². The Hall–Kier alpha value is -1.09. The minimum atomic E-state index is 0.0139. The molecule has 0 radical (unpaired) electrons. The molecule has 2 atom stereocenters. The zero-order chi connectivity index (χ0) is 15.5. The van der Waals surface area contributed by atoms with Gasteiger partial charge < -0.3 is 10.5 Å². The molecule has 0 saturated heterocycles. The van der Waals surface area contributed by atoms with Gasteiger partial charge in [0, 0.05) is 18.0 Å². The zero-order valence-electron chi connectivity index (χ0n) is 14.0. The van der Waals surface area contributed by atoms with Gasteiger partial charge in [-0.1, -0.05) is 34.1 Å². The van der Waals surface area contributed by atoms with Crippen molar-refractivity contribution in [3.63, 3.8) is 0 Å². The molecule has 1 saturated carbocycles. The summed E-state index contributed by atoms with van der Waals surface area (Å²) < 4.78 is 6.27. The fourth-order valence-corrected chi connectivity index (χ4v) is 3.07. The average Bonchev–Trinajstić information content (AvgIpc) is 2.46. The van der Waals surface area contributed by atoms with Crippen molar-refractivity contribution in [3.8, 4) is 5.88 Å². The Labute approximate surface area is 129 Å². The number of hydrogen-bond donors (Lipinski definition) is 1. The van der Waals surface area contributed by atoms with E-state index in [-0.39, 0.29) is 5.41 Å². The van der Waals surface area contributed by atoms with Gasteiger partial charge in [-0.25, -0.2) is 4.98 Å². The Bertz CT molecular complexity index is 465. The number of rotatable bonds is 4. The fraction of sp³-hybridized carbons (Fsp3) is 0.722. The second-order valence-corrected chi connectivity index (χ2v) is 7.26. The van der Waals surface area contributed by atoms with Gasteiger partial charge >= 0.3 is 0 Å². The lowest BCUT2D eigenvalue weighted by Gasteiger charge is -2.31. The van der Waals surface area contributed by atoms with Crippen LogP contribution in [0.4, 0.5) is 0 Å². The highest BCUT2D eigenvalue weighted by Crippen LogP contribution is 2.31. The molecular weight excluding hydrogens is 260 g/mol. The van der Waals surface area contributed by atoms with Gasteiger partial charge in [0.15, 0.2) is 0 Å². The molecule has 1 aliphatic carbocycles. The quantitative estimate of drug-likeness (QED) is 0.904. The van der Waals surface area contributed by atoms with E-state index in [4.69, 9.17) is 15.5 Å². The van der Waals surface area contributed by atoms with E-state index in [2.05, 4.69) is 33.8 Å². The largest absolute Gasteiger partial charge is 0.474 e. The van der Waals surface area contributed by atoms with Crippen LogP contribution in [0, 0.1) is 5.92 Å². The van der Waals surface area contributed by atoms with E-state index in [0.29, 0.717) is 18.6 Å². The molecule has 2 N–H and O–H groups in total. The second-order valence-electron chi connectivity index (χ2n) is 7.26. The highest BCUT2D eigenvalue weighted by molar-refractivity contribution is 5.28. The maximum Gasteiger partial charge on any atom is 0.214 e. The molecule has 1 fully saturated rings.